The molecule has 1 aliphatic carbocycles. The normalized spacial score (nSPS) is 15.3. The van der Waals surface area contributed by atoms with Crippen LogP contribution in [0.3, 0.4) is 0 Å². The zero-order chi connectivity index (χ0) is 27.9. The molecule has 1 saturated carbocycles. The van der Waals surface area contributed by atoms with E-state index in [2.05, 4.69) is 15.3 Å². The third kappa shape index (κ3) is 5.32. The van der Waals surface area contributed by atoms with Gasteiger partial charge in [0.05, 0.1) is 6.54 Å². The minimum absolute atomic E-state index is 0.0541. The molecule has 9 nitrogen and oxygen atoms in total. The second-order valence-corrected chi connectivity index (χ2v) is 10.9. The van der Waals surface area contributed by atoms with Crippen LogP contribution in [0.25, 0.3) is 21.9 Å². The summed E-state index contributed by atoms with van der Waals surface area (Å²) in [6.45, 7) is 9.65. The molecule has 2 amide bonds. The number of aryl methyl sites for hydroxylation is 1. The summed E-state index contributed by atoms with van der Waals surface area (Å²) in [5, 5.41) is 4.04. The van der Waals surface area contributed by atoms with Crippen molar-refractivity contribution in [1.82, 2.24) is 9.97 Å². The molecular formula is C29H33FN4O5. The van der Waals surface area contributed by atoms with Crippen LogP contribution in [0.15, 0.2) is 24.5 Å². The monoisotopic (exact) mass is 536 g/mol. The minimum atomic E-state index is -0.681. The van der Waals surface area contributed by atoms with Crippen LogP contribution in [0.4, 0.5) is 25.5 Å². The highest BCUT2D eigenvalue weighted by molar-refractivity contribution is 5.96. The zero-order valence-electron chi connectivity index (χ0n) is 22.9. The van der Waals surface area contributed by atoms with Crippen molar-refractivity contribution in [2.75, 3.05) is 23.4 Å². The first-order valence-corrected chi connectivity index (χ1v) is 13.3. The number of aromatic nitrogens is 2. The molecule has 3 heterocycles. The van der Waals surface area contributed by atoms with Crippen molar-refractivity contribution in [3.63, 3.8) is 0 Å². The lowest BCUT2D eigenvalue weighted by Gasteiger charge is -2.32. The van der Waals surface area contributed by atoms with Crippen LogP contribution in [-0.2, 0) is 15.9 Å². The van der Waals surface area contributed by atoms with Crippen LogP contribution in [0, 0.1) is 12.7 Å². The predicted octanol–water partition coefficient (Wildman–Crippen LogP) is 6.54. The number of carbonyl (C=O) groups excluding carboxylic acids is 2. The number of ether oxygens (including phenoxy) is 3. The number of carbonyl (C=O) groups is 2. The number of hydrogen-bond acceptors (Lipinski definition) is 7. The SMILES string of the molecule is CCc1c(F)c(-c2cnc3c(c2C)N(C(=O)OC(C)(C)C)CCO3)cc2cc(NC(=O)OC3CCC3)ncc12. The Balaban J connectivity index is 1.56. The first kappa shape index (κ1) is 26.6. The molecule has 10 heteroatoms. The van der Waals surface area contributed by atoms with Crippen molar-refractivity contribution >= 4 is 34.5 Å². The van der Waals surface area contributed by atoms with Gasteiger partial charge in [0.2, 0.25) is 5.88 Å². The average molecular weight is 537 g/mol. The summed E-state index contributed by atoms with van der Waals surface area (Å²) in [6.07, 6.45) is 5.22. The highest BCUT2D eigenvalue weighted by Gasteiger charge is 2.32. The Morgan fingerprint density at radius 2 is 1.95 bits per heavy atom. The van der Waals surface area contributed by atoms with Gasteiger partial charge in [-0.05, 0) is 82.0 Å². The molecule has 0 radical (unpaired) electrons. The fourth-order valence-electron chi connectivity index (χ4n) is 4.84. The number of rotatable bonds is 4. The molecule has 206 valence electrons. The predicted molar refractivity (Wildman–Crippen MR) is 146 cm³/mol. The molecule has 1 fully saturated rings. The maximum absolute atomic E-state index is 16.0. The van der Waals surface area contributed by atoms with Gasteiger partial charge in [-0.2, -0.15) is 0 Å². The van der Waals surface area contributed by atoms with Crippen molar-refractivity contribution in [3.05, 3.63) is 41.5 Å². The van der Waals surface area contributed by atoms with E-state index in [0.29, 0.717) is 56.8 Å². The Bertz CT molecular complexity index is 1450. The number of nitrogens with zero attached hydrogens (tertiary/aromatic N) is 3. The second-order valence-electron chi connectivity index (χ2n) is 10.9. The number of amides is 2. The van der Waals surface area contributed by atoms with Crippen LogP contribution < -0.4 is 15.0 Å². The number of nitrogens with one attached hydrogen (secondary N) is 1. The average Bonchev–Trinajstić information content (AvgIpc) is 2.85. The molecule has 2 aliphatic rings. The van der Waals surface area contributed by atoms with Crippen molar-refractivity contribution < 1.29 is 28.2 Å². The Labute approximate surface area is 226 Å². The number of halogens is 1. The zero-order valence-corrected chi connectivity index (χ0v) is 22.9. The van der Waals surface area contributed by atoms with Crippen LogP contribution in [0.2, 0.25) is 0 Å². The number of benzene rings is 1. The smallest absolute Gasteiger partial charge is 0.415 e. The Hall–Kier alpha value is -3.95. The van der Waals surface area contributed by atoms with E-state index in [0.717, 1.165) is 19.3 Å². The van der Waals surface area contributed by atoms with Crippen molar-refractivity contribution in [2.45, 2.75) is 72.0 Å². The first-order chi connectivity index (χ1) is 18.6. The fourth-order valence-corrected chi connectivity index (χ4v) is 4.84. The lowest BCUT2D eigenvalue weighted by molar-refractivity contribution is 0.0565. The molecule has 1 N–H and O–H groups in total. The van der Waals surface area contributed by atoms with Crippen LogP contribution in [0.5, 0.6) is 5.88 Å². The number of pyridine rings is 2. The first-order valence-electron chi connectivity index (χ1n) is 13.3. The van der Waals surface area contributed by atoms with Gasteiger partial charge >= 0.3 is 12.2 Å². The molecule has 1 aromatic carbocycles. The maximum Gasteiger partial charge on any atom is 0.415 e. The Kier molecular flexibility index (Phi) is 7.05. The highest BCUT2D eigenvalue weighted by Crippen LogP contribution is 2.41. The van der Waals surface area contributed by atoms with E-state index >= 15 is 4.39 Å². The molecule has 0 unspecified atom stereocenters. The molecule has 39 heavy (non-hydrogen) atoms. The summed E-state index contributed by atoms with van der Waals surface area (Å²) in [5.74, 6) is 0.226. The topological polar surface area (TPSA) is 103 Å². The van der Waals surface area contributed by atoms with Gasteiger partial charge in [0, 0.05) is 28.9 Å². The van der Waals surface area contributed by atoms with E-state index in [9.17, 15) is 9.59 Å². The number of fused-ring (bicyclic) bond motifs is 2. The summed E-state index contributed by atoms with van der Waals surface area (Å²) in [5.41, 5.74) is 1.77. The lowest BCUT2D eigenvalue weighted by atomic mass is 9.93. The molecule has 0 saturated heterocycles. The molecule has 3 aromatic rings. The largest absolute Gasteiger partial charge is 0.474 e. The summed E-state index contributed by atoms with van der Waals surface area (Å²) in [4.78, 5) is 35.6. The van der Waals surface area contributed by atoms with Gasteiger partial charge in [0.1, 0.15) is 35.6 Å². The lowest BCUT2D eigenvalue weighted by Crippen LogP contribution is -2.42. The molecule has 0 atom stereocenters. The van der Waals surface area contributed by atoms with E-state index in [1.54, 1.807) is 45.3 Å². The molecule has 5 rings (SSSR count). The number of anilines is 2. The van der Waals surface area contributed by atoms with Crippen LogP contribution in [0.1, 0.15) is 58.1 Å². The summed E-state index contributed by atoms with van der Waals surface area (Å²) < 4.78 is 32.7. The fraction of sp³-hybridized carbons (Fsp3) is 0.448. The van der Waals surface area contributed by atoms with Gasteiger partial charge < -0.3 is 14.2 Å². The third-order valence-electron chi connectivity index (χ3n) is 6.97. The number of hydrogen-bond donors (Lipinski definition) is 1. The summed E-state index contributed by atoms with van der Waals surface area (Å²) >= 11 is 0. The standard InChI is InChI=1S/C29H33FN4O5/c1-6-19-22-15-31-23(33-27(35)38-18-8-7-9-18)13-17(22)12-20(24(19)30)21-14-32-26-25(16(21)2)34(10-11-37-26)28(36)39-29(3,4)5/h12-15,18H,6-11H2,1-5H3,(H,31,33,35). The molecule has 0 spiro atoms. The third-order valence-corrected chi connectivity index (χ3v) is 6.97. The molecule has 2 aromatic heterocycles. The van der Waals surface area contributed by atoms with Gasteiger partial charge in [0.25, 0.3) is 0 Å². The van der Waals surface area contributed by atoms with E-state index in [-0.39, 0.29) is 25.1 Å². The van der Waals surface area contributed by atoms with Crippen LogP contribution in [-0.4, -0.2) is 47.0 Å². The summed E-state index contributed by atoms with van der Waals surface area (Å²) in [7, 11) is 0. The van der Waals surface area contributed by atoms with Crippen molar-refractivity contribution in [1.29, 1.82) is 0 Å². The second kappa shape index (κ2) is 10.3. The van der Waals surface area contributed by atoms with E-state index < -0.39 is 17.8 Å². The Morgan fingerprint density at radius 3 is 2.62 bits per heavy atom. The van der Waals surface area contributed by atoms with Gasteiger partial charge in [-0.25, -0.2) is 23.9 Å². The van der Waals surface area contributed by atoms with Crippen molar-refractivity contribution in [3.8, 4) is 17.0 Å². The van der Waals surface area contributed by atoms with E-state index in [1.807, 2.05) is 13.8 Å². The molecular weight excluding hydrogens is 503 g/mol. The van der Waals surface area contributed by atoms with Gasteiger partial charge in [-0.1, -0.05) is 6.92 Å². The van der Waals surface area contributed by atoms with E-state index in [1.165, 1.54) is 4.90 Å². The summed E-state index contributed by atoms with van der Waals surface area (Å²) in [6, 6.07) is 3.42. The van der Waals surface area contributed by atoms with Gasteiger partial charge in [-0.3, -0.25) is 10.2 Å². The molecule has 0 bridgehead atoms. The van der Waals surface area contributed by atoms with Gasteiger partial charge in [-0.15, -0.1) is 0 Å². The van der Waals surface area contributed by atoms with Crippen molar-refractivity contribution in [2.24, 2.45) is 0 Å². The molecule has 1 aliphatic heterocycles. The Morgan fingerprint density at radius 1 is 1.18 bits per heavy atom. The quantitative estimate of drug-likeness (QED) is 0.404. The maximum atomic E-state index is 16.0. The highest BCUT2D eigenvalue weighted by atomic mass is 19.1. The van der Waals surface area contributed by atoms with Crippen LogP contribution >= 0.6 is 0 Å². The van der Waals surface area contributed by atoms with Gasteiger partial charge in [0.15, 0.2) is 0 Å². The van der Waals surface area contributed by atoms with E-state index in [4.69, 9.17) is 14.2 Å². The minimum Gasteiger partial charge on any atom is -0.474 e.